The Morgan fingerprint density at radius 3 is 1.86 bits per heavy atom. The van der Waals surface area contributed by atoms with Crippen LogP contribution >= 0.6 is 0 Å². The van der Waals surface area contributed by atoms with Crippen LogP contribution < -0.4 is 31.7 Å². The molecule has 2 aromatic rings. The first-order chi connectivity index (χ1) is 39.4. The van der Waals surface area contributed by atoms with E-state index in [-0.39, 0.29) is 79.8 Å². The van der Waals surface area contributed by atoms with Crippen molar-refractivity contribution in [3.63, 3.8) is 0 Å². The monoisotopic (exact) mass is 1200 g/mol. The number of likely N-dealkylation sites (N-methyl/N-ethyl adjacent to an activating group) is 2. The number of rotatable bonds is 31. The van der Waals surface area contributed by atoms with Gasteiger partial charge in [-0.15, -0.1) is 0 Å². The molecule has 22 nitrogen and oxygen atoms in total. The van der Waals surface area contributed by atoms with Gasteiger partial charge in [0.1, 0.15) is 17.7 Å². The van der Waals surface area contributed by atoms with E-state index in [1.165, 1.54) is 54.1 Å². The van der Waals surface area contributed by atoms with E-state index in [1.54, 1.807) is 74.6 Å². The topological polar surface area (TPSA) is 310 Å². The molecule has 5 atom stereocenters. The Hall–Kier alpha value is -7.43. The molecule has 23 heteroatoms. The van der Waals surface area contributed by atoms with Crippen molar-refractivity contribution < 1.29 is 61.1 Å². The summed E-state index contributed by atoms with van der Waals surface area (Å²) in [4.78, 5) is 136. The molecule has 7 N–H and O–H groups in total. The maximum atomic E-state index is 14.7. The second-order valence-corrected chi connectivity index (χ2v) is 26.9. The maximum absolute atomic E-state index is 14.7. The third kappa shape index (κ3) is 22.8. The van der Waals surface area contributed by atoms with Crippen molar-refractivity contribution in [2.75, 3.05) is 27.2 Å². The van der Waals surface area contributed by atoms with Crippen LogP contribution in [0.1, 0.15) is 152 Å². The van der Waals surface area contributed by atoms with Gasteiger partial charge in [-0.05, 0) is 87.3 Å². The number of hydrogen-bond acceptors (Lipinski definition) is 13. The molecule has 2 aromatic carbocycles. The smallest absolute Gasteiger partial charge is 0.410 e. The highest BCUT2D eigenvalue weighted by Gasteiger charge is 2.46. The molecule has 85 heavy (non-hydrogen) atoms. The molecule has 1 aliphatic heterocycles. The molecule has 0 saturated heterocycles. The van der Waals surface area contributed by atoms with Gasteiger partial charge in [0.25, 0.3) is 17.7 Å². The Labute approximate surface area is 502 Å². The van der Waals surface area contributed by atoms with Gasteiger partial charge < -0.3 is 36.6 Å². The van der Waals surface area contributed by atoms with Crippen LogP contribution in [0.2, 0.25) is 0 Å². The molecule has 1 aliphatic rings. The van der Waals surface area contributed by atoms with Crippen LogP contribution in [-0.2, 0) is 70.8 Å². The largest absolute Gasteiger partial charge is 0.444 e. The van der Waals surface area contributed by atoms with E-state index in [2.05, 4.69) is 26.0 Å². The Balaban J connectivity index is 1.70. The maximum Gasteiger partial charge on any atom is 0.410 e. The third-order valence-electron chi connectivity index (χ3n) is 14.6. The zero-order valence-electron chi connectivity index (χ0n) is 52.4. The predicted octanol–water partition coefficient (Wildman–Crippen LogP) is 6.07. The number of primary amides is 1. The van der Waals surface area contributed by atoms with Crippen LogP contribution in [0.25, 0.3) is 0 Å². The number of imide groups is 1. The summed E-state index contributed by atoms with van der Waals surface area (Å²) in [6.07, 6.45) is 5.15. The number of nitrogens with zero attached hydrogens (tertiary/aromatic N) is 3. The number of urea groups is 1. The fourth-order valence-electron chi connectivity index (χ4n) is 9.82. The summed E-state index contributed by atoms with van der Waals surface area (Å²) in [5, 5.41) is 11.1. The highest BCUT2D eigenvalue weighted by Crippen LogP contribution is 2.33. The Morgan fingerprint density at radius 2 is 1.32 bits per heavy atom. The molecule has 0 bridgehead atoms. The number of nitrogens with one attached hydrogen (secondary N) is 5. The van der Waals surface area contributed by atoms with Gasteiger partial charge in [-0.2, -0.15) is 0 Å². The van der Waals surface area contributed by atoms with E-state index in [0.717, 1.165) is 10.5 Å². The molecule has 0 aromatic heterocycles. The van der Waals surface area contributed by atoms with Crippen LogP contribution in [0.5, 0.6) is 0 Å². The fourth-order valence-corrected chi connectivity index (χ4v) is 11.0. The number of amides is 10. The Morgan fingerprint density at radius 1 is 0.729 bits per heavy atom. The van der Waals surface area contributed by atoms with E-state index in [4.69, 9.17) is 10.5 Å². The average Bonchev–Trinajstić information content (AvgIpc) is 3.50. The van der Waals surface area contributed by atoms with Crippen LogP contribution in [0.15, 0.2) is 78.4 Å². The highest BCUT2D eigenvalue weighted by molar-refractivity contribution is 7.89. The van der Waals surface area contributed by atoms with Crippen molar-refractivity contribution in [1.82, 2.24) is 40.7 Å². The van der Waals surface area contributed by atoms with Crippen molar-refractivity contribution >= 4 is 69.3 Å². The van der Waals surface area contributed by atoms with Crippen LogP contribution in [0.4, 0.5) is 9.59 Å². The SMILES string of the molecule is C/C(=C\[C@H](C(C)C)N(C)C(=O)[C@@H](NC(=O)[C@@H](N(C)C(=O)OC(C)(C)C)C(C)(C)c1ccccc1)C(C)(C)C)C(=O)NS(=O)(=O)Cc1ccc(CNC(=O)[C@H](CCCNC(N)=O)CC(=O)[C@@H](NC(=O)CCCCCN2C(=O)C=CC2=O)C(C)C)cc1. The average molecular weight is 1200 g/mol. The van der Waals surface area contributed by atoms with Crippen molar-refractivity contribution in [1.29, 1.82) is 0 Å². The zero-order chi connectivity index (χ0) is 64.4. The van der Waals surface area contributed by atoms with Gasteiger partial charge in [0, 0.05) is 75.6 Å². The van der Waals surface area contributed by atoms with Crippen molar-refractivity contribution in [3.8, 4) is 0 Å². The minimum Gasteiger partial charge on any atom is -0.444 e. The quantitative estimate of drug-likeness (QED) is 0.0284. The molecule has 470 valence electrons. The molecule has 0 unspecified atom stereocenters. The lowest BCUT2D eigenvalue weighted by Gasteiger charge is -2.42. The Bertz CT molecular complexity index is 2860. The summed E-state index contributed by atoms with van der Waals surface area (Å²) >= 11 is 0. The molecule has 0 saturated carbocycles. The molecular formula is C62H93N9O13S. The standard InChI is InChI=1S/C62H93N9O13S/c1-39(2)46(69(14)57(79)52(60(6,7)8)67-56(78)53(70(15)59(81)84-61(9,10)11)62(12,13)45-24-18-16-19-25-45)35-41(5)54(76)68-85(82,83)38-43-29-27-42(28-30-43)37-65-55(77)44(23-22-33-64-58(63)80)36-47(72)51(40(3)4)66-48(73)26-20-17-21-34-71-49(74)31-32-50(71)75/h16,18-19,24-25,27-32,35,39-40,44,46,51-53H,17,20-23,26,33-34,36-38H2,1-15H3,(H,65,77)(H,66,73)(H,67,78)(H,68,76)(H3,63,64,80)/b41-35+/t44-,46-,51+,52-,53-/m1/s1. The lowest BCUT2D eigenvalue weighted by molar-refractivity contribution is -0.142. The first-order valence-electron chi connectivity index (χ1n) is 28.9. The molecule has 1 heterocycles. The van der Waals surface area contributed by atoms with Crippen molar-refractivity contribution in [3.05, 3.63) is 95.1 Å². The fraction of sp³-hybridized carbons (Fsp3) is 0.581. The molecule has 0 spiro atoms. The molecule has 0 aliphatic carbocycles. The number of nitrogens with two attached hydrogens (primary N) is 1. The van der Waals surface area contributed by atoms with Crippen LogP contribution in [-0.4, -0.2) is 139 Å². The number of benzene rings is 2. The molecule has 0 radical (unpaired) electrons. The summed E-state index contributed by atoms with van der Waals surface area (Å²) in [5.41, 5.74) is 4.21. The van der Waals surface area contributed by atoms with E-state index in [9.17, 15) is 56.4 Å². The van der Waals surface area contributed by atoms with Crippen LogP contribution in [0, 0.1) is 23.2 Å². The molecule has 3 rings (SSSR count). The van der Waals surface area contributed by atoms with Gasteiger partial charge >= 0.3 is 12.1 Å². The van der Waals surface area contributed by atoms with Gasteiger partial charge in [0.15, 0.2) is 5.78 Å². The number of Topliss-reactive ketones (excluding diaryl/α,β-unsaturated/α-hetero) is 1. The summed E-state index contributed by atoms with van der Waals surface area (Å²) in [6, 6.07) is 10.8. The first kappa shape index (κ1) is 71.8. The van der Waals surface area contributed by atoms with Gasteiger partial charge in [0.2, 0.25) is 33.7 Å². The van der Waals surface area contributed by atoms with Crippen molar-refractivity contribution in [2.45, 2.75) is 182 Å². The number of ether oxygens (including phenoxy) is 1. The van der Waals surface area contributed by atoms with Gasteiger partial charge in [-0.25, -0.2) is 22.7 Å². The number of sulfonamides is 1. The lowest BCUT2D eigenvalue weighted by atomic mass is 9.76. The number of ketones is 1. The van der Waals surface area contributed by atoms with Gasteiger partial charge in [-0.3, -0.25) is 48.2 Å². The number of carbonyl (C=O) groups is 10. The highest BCUT2D eigenvalue weighted by atomic mass is 32.2. The lowest BCUT2D eigenvalue weighted by Crippen LogP contribution is -2.63. The van der Waals surface area contributed by atoms with Gasteiger partial charge in [-0.1, -0.05) is 129 Å². The molecular weight excluding hydrogens is 1110 g/mol. The number of unbranched alkanes of at least 4 members (excludes halogenated alkanes) is 2. The summed E-state index contributed by atoms with van der Waals surface area (Å²) in [5.74, 6) is -5.97. The van der Waals surface area contributed by atoms with Crippen LogP contribution in [0.3, 0.4) is 0 Å². The predicted molar refractivity (Wildman–Crippen MR) is 324 cm³/mol. The summed E-state index contributed by atoms with van der Waals surface area (Å²) < 4.78 is 34.8. The number of carbonyl (C=O) groups excluding carboxylic acids is 10. The van der Waals surface area contributed by atoms with E-state index in [1.807, 2.05) is 58.0 Å². The minimum absolute atomic E-state index is 0.00693. The normalized spacial score (nSPS) is 14.9. The van der Waals surface area contributed by atoms with E-state index >= 15 is 0 Å². The second kappa shape index (κ2) is 31.6. The number of hydrogen-bond donors (Lipinski definition) is 6. The zero-order valence-corrected chi connectivity index (χ0v) is 53.2. The Kier molecular flexibility index (Phi) is 26.7. The van der Waals surface area contributed by atoms with Crippen molar-refractivity contribution in [2.24, 2.45) is 28.9 Å². The molecule has 0 fully saturated rings. The minimum atomic E-state index is -4.29. The molecule has 10 amide bonds. The van der Waals surface area contributed by atoms with E-state index < -0.39 is 98.0 Å². The van der Waals surface area contributed by atoms with E-state index in [0.29, 0.717) is 36.8 Å². The summed E-state index contributed by atoms with van der Waals surface area (Å²) in [6.45, 7) is 23.3. The second-order valence-electron chi connectivity index (χ2n) is 25.2. The first-order valence-corrected chi connectivity index (χ1v) is 30.6. The van der Waals surface area contributed by atoms with Gasteiger partial charge in [0.05, 0.1) is 17.8 Å². The third-order valence-corrected chi connectivity index (χ3v) is 15.8. The summed E-state index contributed by atoms with van der Waals surface area (Å²) in [7, 11) is -1.26.